The second-order valence-electron chi connectivity index (χ2n) is 6.22. The maximum Gasteiger partial charge on any atom is 0.0625 e. The second kappa shape index (κ2) is 7.82. The van der Waals surface area contributed by atoms with Gasteiger partial charge in [0.25, 0.3) is 0 Å². The Balaban J connectivity index is 1.74. The SMILES string of the molecule is CCc1cc(CNCC2CCC(CC)CC2)n(CC)n1. The highest BCUT2D eigenvalue weighted by Gasteiger charge is 2.19. The van der Waals surface area contributed by atoms with Gasteiger partial charge in [-0.1, -0.05) is 33.1 Å². The van der Waals surface area contributed by atoms with Crippen LogP contribution in [0.25, 0.3) is 0 Å². The Labute approximate surface area is 124 Å². The van der Waals surface area contributed by atoms with Gasteiger partial charge in [0.05, 0.1) is 11.4 Å². The lowest BCUT2D eigenvalue weighted by Gasteiger charge is -2.27. The van der Waals surface area contributed by atoms with Gasteiger partial charge in [0.15, 0.2) is 0 Å². The van der Waals surface area contributed by atoms with E-state index in [2.05, 4.69) is 41.9 Å². The van der Waals surface area contributed by atoms with Crippen molar-refractivity contribution < 1.29 is 0 Å². The zero-order chi connectivity index (χ0) is 14.4. The van der Waals surface area contributed by atoms with Crippen molar-refractivity contribution in [3.05, 3.63) is 17.5 Å². The molecular formula is C17H31N3. The molecule has 1 aromatic heterocycles. The van der Waals surface area contributed by atoms with Crippen LogP contribution in [0.1, 0.15) is 64.3 Å². The van der Waals surface area contributed by atoms with Crippen LogP contribution in [0.3, 0.4) is 0 Å². The van der Waals surface area contributed by atoms with E-state index >= 15 is 0 Å². The van der Waals surface area contributed by atoms with Gasteiger partial charge in [-0.05, 0) is 50.6 Å². The molecule has 0 spiro atoms. The van der Waals surface area contributed by atoms with E-state index in [1.807, 2.05) is 0 Å². The van der Waals surface area contributed by atoms with Gasteiger partial charge in [-0.25, -0.2) is 0 Å². The van der Waals surface area contributed by atoms with Crippen LogP contribution in [0, 0.1) is 11.8 Å². The molecule has 0 aliphatic heterocycles. The van der Waals surface area contributed by atoms with E-state index < -0.39 is 0 Å². The van der Waals surface area contributed by atoms with Gasteiger partial charge in [0.1, 0.15) is 0 Å². The first kappa shape index (κ1) is 15.6. The number of rotatable bonds is 7. The summed E-state index contributed by atoms with van der Waals surface area (Å²) in [5, 5.41) is 8.27. The zero-order valence-corrected chi connectivity index (χ0v) is 13.5. The summed E-state index contributed by atoms with van der Waals surface area (Å²) in [7, 11) is 0. The fourth-order valence-electron chi connectivity index (χ4n) is 3.35. The maximum atomic E-state index is 4.61. The van der Waals surface area contributed by atoms with E-state index in [9.17, 15) is 0 Å². The quantitative estimate of drug-likeness (QED) is 0.822. The molecule has 1 aromatic rings. The molecule has 1 fully saturated rings. The minimum atomic E-state index is 0.890. The summed E-state index contributed by atoms with van der Waals surface area (Å²) in [5.41, 5.74) is 2.55. The number of hydrogen-bond acceptors (Lipinski definition) is 2. The van der Waals surface area contributed by atoms with Crippen LogP contribution in [-0.4, -0.2) is 16.3 Å². The molecule has 0 saturated heterocycles. The molecule has 0 aromatic carbocycles. The molecule has 0 radical (unpaired) electrons. The maximum absolute atomic E-state index is 4.61. The highest BCUT2D eigenvalue weighted by molar-refractivity contribution is 5.10. The number of hydrogen-bond donors (Lipinski definition) is 1. The Morgan fingerprint density at radius 3 is 2.45 bits per heavy atom. The zero-order valence-electron chi connectivity index (χ0n) is 13.5. The molecule has 1 aliphatic rings. The Bertz CT molecular complexity index is 389. The molecule has 3 nitrogen and oxygen atoms in total. The van der Waals surface area contributed by atoms with Gasteiger partial charge in [0, 0.05) is 13.1 Å². The molecule has 114 valence electrons. The van der Waals surface area contributed by atoms with Crippen LogP contribution in [0.15, 0.2) is 6.07 Å². The number of nitrogens with zero attached hydrogens (tertiary/aromatic N) is 2. The summed E-state index contributed by atoms with van der Waals surface area (Å²) < 4.78 is 2.14. The Morgan fingerprint density at radius 2 is 1.85 bits per heavy atom. The Kier molecular flexibility index (Phi) is 6.08. The summed E-state index contributed by atoms with van der Waals surface area (Å²) in [6, 6.07) is 2.25. The van der Waals surface area contributed by atoms with Crippen molar-refractivity contribution in [3.8, 4) is 0 Å². The van der Waals surface area contributed by atoms with E-state index in [-0.39, 0.29) is 0 Å². The first-order valence-electron chi connectivity index (χ1n) is 8.53. The Hall–Kier alpha value is -0.830. The van der Waals surface area contributed by atoms with Gasteiger partial charge >= 0.3 is 0 Å². The molecule has 0 atom stereocenters. The molecule has 1 aliphatic carbocycles. The molecule has 3 heteroatoms. The fraction of sp³-hybridized carbons (Fsp3) is 0.824. The van der Waals surface area contributed by atoms with Crippen molar-refractivity contribution >= 4 is 0 Å². The normalized spacial score (nSPS) is 23.1. The third kappa shape index (κ3) is 4.08. The van der Waals surface area contributed by atoms with Crippen LogP contribution >= 0.6 is 0 Å². The molecule has 0 unspecified atom stereocenters. The van der Waals surface area contributed by atoms with E-state index in [4.69, 9.17) is 0 Å². The van der Waals surface area contributed by atoms with Gasteiger partial charge < -0.3 is 5.32 Å². The van der Waals surface area contributed by atoms with Crippen molar-refractivity contribution in [2.24, 2.45) is 11.8 Å². The van der Waals surface area contributed by atoms with Crippen molar-refractivity contribution in [3.63, 3.8) is 0 Å². The lowest BCUT2D eigenvalue weighted by atomic mass is 9.81. The van der Waals surface area contributed by atoms with Crippen molar-refractivity contribution in [1.82, 2.24) is 15.1 Å². The van der Waals surface area contributed by atoms with Crippen LogP contribution in [0.4, 0.5) is 0 Å². The minimum absolute atomic E-state index is 0.890. The number of aromatic nitrogens is 2. The average Bonchev–Trinajstić information content (AvgIpc) is 2.90. The molecule has 20 heavy (non-hydrogen) atoms. The highest BCUT2D eigenvalue weighted by atomic mass is 15.3. The number of nitrogens with one attached hydrogen (secondary N) is 1. The molecule has 0 bridgehead atoms. The van der Waals surface area contributed by atoms with Gasteiger partial charge in [-0.15, -0.1) is 0 Å². The van der Waals surface area contributed by atoms with E-state index in [1.54, 1.807) is 0 Å². The molecule has 0 amide bonds. The lowest BCUT2D eigenvalue weighted by molar-refractivity contribution is 0.262. The Morgan fingerprint density at radius 1 is 1.15 bits per heavy atom. The van der Waals surface area contributed by atoms with Crippen molar-refractivity contribution in [2.45, 2.75) is 72.4 Å². The van der Waals surface area contributed by atoms with Crippen LogP contribution in [0.2, 0.25) is 0 Å². The first-order valence-corrected chi connectivity index (χ1v) is 8.53. The monoisotopic (exact) mass is 277 g/mol. The van der Waals surface area contributed by atoms with Crippen molar-refractivity contribution in [1.29, 1.82) is 0 Å². The van der Waals surface area contributed by atoms with Gasteiger partial charge in [-0.2, -0.15) is 5.10 Å². The van der Waals surface area contributed by atoms with Crippen LogP contribution in [0.5, 0.6) is 0 Å². The smallest absolute Gasteiger partial charge is 0.0625 e. The van der Waals surface area contributed by atoms with Gasteiger partial charge in [-0.3, -0.25) is 4.68 Å². The molecule has 1 heterocycles. The highest BCUT2D eigenvalue weighted by Crippen LogP contribution is 2.30. The van der Waals surface area contributed by atoms with Gasteiger partial charge in [0.2, 0.25) is 0 Å². The van der Waals surface area contributed by atoms with Crippen molar-refractivity contribution in [2.75, 3.05) is 6.54 Å². The predicted octanol–water partition coefficient (Wildman–Crippen LogP) is 3.77. The lowest BCUT2D eigenvalue weighted by Crippen LogP contribution is -2.27. The average molecular weight is 277 g/mol. The molecule has 2 rings (SSSR count). The summed E-state index contributed by atoms with van der Waals surface area (Å²) in [6.07, 6.45) is 8.11. The third-order valence-electron chi connectivity index (χ3n) is 4.86. The third-order valence-corrected chi connectivity index (χ3v) is 4.86. The first-order chi connectivity index (χ1) is 9.76. The second-order valence-corrected chi connectivity index (χ2v) is 6.22. The predicted molar refractivity (Wildman–Crippen MR) is 84.7 cm³/mol. The molecular weight excluding hydrogens is 246 g/mol. The summed E-state index contributed by atoms with van der Waals surface area (Å²) in [6.45, 7) is 9.79. The standard InChI is InChI=1S/C17H31N3/c1-4-14-7-9-15(10-8-14)12-18-13-17-11-16(5-2)19-20(17)6-3/h11,14-15,18H,4-10,12-13H2,1-3H3. The van der Waals surface area contributed by atoms with E-state index in [0.717, 1.165) is 31.3 Å². The van der Waals surface area contributed by atoms with Crippen LogP contribution in [-0.2, 0) is 19.5 Å². The summed E-state index contributed by atoms with van der Waals surface area (Å²) in [5.74, 6) is 1.89. The topological polar surface area (TPSA) is 29.9 Å². The number of aryl methyl sites for hydroxylation is 2. The van der Waals surface area contributed by atoms with Crippen LogP contribution < -0.4 is 5.32 Å². The largest absolute Gasteiger partial charge is 0.311 e. The fourth-order valence-corrected chi connectivity index (χ4v) is 3.35. The molecule has 1 N–H and O–H groups in total. The summed E-state index contributed by atoms with van der Waals surface area (Å²) in [4.78, 5) is 0. The minimum Gasteiger partial charge on any atom is -0.311 e. The summed E-state index contributed by atoms with van der Waals surface area (Å²) >= 11 is 0. The molecule has 1 saturated carbocycles. The van der Waals surface area contributed by atoms with E-state index in [1.165, 1.54) is 50.0 Å². The van der Waals surface area contributed by atoms with E-state index in [0.29, 0.717) is 0 Å².